The van der Waals surface area contributed by atoms with Gasteiger partial charge in [0, 0.05) is 23.8 Å². The minimum atomic E-state index is -3.55. The molecule has 0 saturated heterocycles. The standard InChI is InChI=1S/C12H14N2O3S2/c15-9-11-12(4-7-18-11)19(16,17)14-6-3-10-2-1-5-13-8-10/h1-2,4-5,7-8,14-15H,3,6,9H2. The van der Waals surface area contributed by atoms with Crippen LogP contribution in [0, 0.1) is 0 Å². The Morgan fingerprint density at radius 1 is 1.37 bits per heavy atom. The lowest BCUT2D eigenvalue weighted by molar-refractivity contribution is 0.282. The van der Waals surface area contributed by atoms with E-state index in [1.54, 1.807) is 17.8 Å². The molecule has 0 amide bonds. The number of nitrogens with zero attached hydrogens (tertiary/aromatic N) is 1. The molecule has 0 radical (unpaired) electrons. The maximum absolute atomic E-state index is 12.0. The van der Waals surface area contributed by atoms with E-state index in [4.69, 9.17) is 5.11 Å². The fraction of sp³-hybridized carbons (Fsp3) is 0.250. The summed E-state index contributed by atoms with van der Waals surface area (Å²) in [4.78, 5) is 4.58. The number of aliphatic hydroxyl groups excluding tert-OH is 1. The third-order valence-corrected chi connectivity index (χ3v) is 5.15. The lowest BCUT2D eigenvalue weighted by atomic mass is 10.2. The van der Waals surface area contributed by atoms with E-state index in [2.05, 4.69) is 9.71 Å². The van der Waals surface area contributed by atoms with E-state index in [0.29, 0.717) is 17.8 Å². The highest BCUT2D eigenvalue weighted by Gasteiger charge is 2.18. The molecule has 0 atom stereocenters. The number of hydrogen-bond donors (Lipinski definition) is 2. The number of aromatic nitrogens is 1. The third kappa shape index (κ3) is 3.60. The molecule has 7 heteroatoms. The molecule has 0 unspecified atom stereocenters. The summed E-state index contributed by atoms with van der Waals surface area (Å²) in [6, 6.07) is 5.21. The molecule has 2 aromatic rings. The number of pyridine rings is 1. The van der Waals surface area contributed by atoms with Crippen LogP contribution < -0.4 is 4.72 Å². The summed E-state index contributed by atoms with van der Waals surface area (Å²) in [6.45, 7) is 0.0330. The summed E-state index contributed by atoms with van der Waals surface area (Å²) in [5.74, 6) is 0. The van der Waals surface area contributed by atoms with Crippen LogP contribution in [0.1, 0.15) is 10.4 Å². The summed E-state index contributed by atoms with van der Waals surface area (Å²) in [6.07, 6.45) is 3.95. The minimum Gasteiger partial charge on any atom is -0.391 e. The van der Waals surface area contributed by atoms with E-state index in [9.17, 15) is 8.42 Å². The number of nitrogens with one attached hydrogen (secondary N) is 1. The Kier molecular flexibility index (Phi) is 4.65. The fourth-order valence-corrected chi connectivity index (χ4v) is 3.96. The van der Waals surface area contributed by atoms with Gasteiger partial charge >= 0.3 is 0 Å². The highest BCUT2D eigenvalue weighted by molar-refractivity contribution is 7.89. The first-order valence-corrected chi connectivity index (χ1v) is 8.05. The average molecular weight is 298 g/mol. The normalized spacial score (nSPS) is 11.6. The van der Waals surface area contributed by atoms with Crippen LogP contribution in [-0.2, 0) is 23.1 Å². The van der Waals surface area contributed by atoms with Gasteiger partial charge in [0.15, 0.2) is 0 Å². The van der Waals surface area contributed by atoms with Crippen LogP contribution in [-0.4, -0.2) is 25.1 Å². The molecule has 2 aromatic heterocycles. The van der Waals surface area contributed by atoms with Gasteiger partial charge in [-0.05, 0) is 29.5 Å². The Morgan fingerprint density at radius 2 is 2.21 bits per heavy atom. The van der Waals surface area contributed by atoms with Crippen molar-refractivity contribution in [3.8, 4) is 0 Å². The van der Waals surface area contributed by atoms with Crippen molar-refractivity contribution in [1.82, 2.24) is 9.71 Å². The van der Waals surface area contributed by atoms with Gasteiger partial charge < -0.3 is 5.11 Å². The molecular weight excluding hydrogens is 284 g/mol. The monoisotopic (exact) mass is 298 g/mol. The second kappa shape index (κ2) is 6.25. The van der Waals surface area contributed by atoms with Gasteiger partial charge in [-0.1, -0.05) is 6.07 Å². The van der Waals surface area contributed by atoms with Crippen molar-refractivity contribution in [3.63, 3.8) is 0 Å². The van der Waals surface area contributed by atoms with Crippen molar-refractivity contribution < 1.29 is 13.5 Å². The van der Waals surface area contributed by atoms with Gasteiger partial charge in [-0.3, -0.25) is 4.98 Å². The molecule has 0 fully saturated rings. The topological polar surface area (TPSA) is 79.3 Å². The van der Waals surface area contributed by atoms with Crippen molar-refractivity contribution in [2.75, 3.05) is 6.54 Å². The van der Waals surface area contributed by atoms with Crippen LogP contribution in [0.3, 0.4) is 0 Å². The second-order valence-electron chi connectivity index (χ2n) is 3.88. The molecule has 102 valence electrons. The van der Waals surface area contributed by atoms with Crippen molar-refractivity contribution in [3.05, 3.63) is 46.4 Å². The number of rotatable bonds is 6. The molecule has 0 bridgehead atoms. The van der Waals surface area contributed by atoms with Crippen molar-refractivity contribution in [2.45, 2.75) is 17.9 Å². The lowest BCUT2D eigenvalue weighted by Gasteiger charge is -2.06. The van der Waals surface area contributed by atoms with E-state index >= 15 is 0 Å². The molecule has 0 saturated carbocycles. The van der Waals surface area contributed by atoms with E-state index < -0.39 is 10.0 Å². The second-order valence-corrected chi connectivity index (χ2v) is 6.61. The maximum atomic E-state index is 12.0. The van der Waals surface area contributed by atoms with Crippen molar-refractivity contribution in [2.24, 2.45) is 0 Å². The molecule has 19 heavy (non-hydrogen) atoms. The van der Waals surface area contributed by atoms with Gasteiger partial charge in [-0.2, -0.15) is 0 Å². The van der Waals surface area contributed by atoms with Crippen LogP contribution in [0.5, 0.6) is 0 Å². The van der Waals surface area contributed by atoms with E-state index in [1.165, 1.54) is 17.4 Å². The zero-order chi connectivity index (χ0) is 13.7. The van der Waals surface area contributed by atoms with Gasteiger partial charge in [0.05, 0.1) is 11.5 Å². The summed E-state index contributed by atoms with van der Waals surface area (Å²) in [5, 5.41) is 10.7. The smallest absolute Gasteiger partial charge is 0.241 e. The van der Waals surface area contributed by atoms with Crippen LogP contribution >= 0.6 is 11.3 Å². The third-order valence-electron chi connectivity index (χ3n) is 2.57. The number of sulfonamides is 1. The Labute approximate surface area is 116 Å². The predicted octanol–water partition coefficient (Wildman–Crippen LogP) is 1.16. The molecule has 0 aliphatic rings. The van der Waals surface area contributed by atoms with E-state index in [1.807, 2.05) is 12.1 Å². The highest BCUT2D eigenvalue weighted by atomic mass is 32.2. The highest BCUT2D eigenvalue weighted by Crippen LogP contribution is 2.21. The molecule has 0 aliphatic carbocycles. The zero-order valence-electron chi connectivity index (χ0n) is 10.1. The average Bonchev–Trinajstić information content (AvgIpc) is 2.89. The lowest BCUT2D eigenvalue weighted by Crippen LogP contribution is -2.26. The molecule has 2 heterocycles. The molecule has 0 spiro atoms. The Morgan fingerprint density at radius 3 is 2.89 bits per heavy atom. The number of thiophene rings is 1. The summed E-state index contributed by atoms with van der Waals surface area (Å²) in [7, 11) is -3.55. The molecule has 2 N–H and O–H groups in total. The minimum absolute atomic E-state index is 0.159. The summed E-state index contributed by atoms with van der Waals surface area (Å²) >= 11 is 1.23. The Hall–Kier alpha value is -1.28. The van der Waals surface area contributed by atoms with Crippen LogP contribution in [0.15, 0.2) is 40.9 Å². The molecular formula is C12H14N2O3S2. The predicted molar refractivity (Wildman–Crippen MR) is 73.4 cm³/mol. The maximum Gasteiger partial charge on any atom is 0.241 e. The van der Waals surface area contributed by atoms with Crippen LogP contribution in [0.2, 0.25) is 0 Å². The van der Waals surface area contributed by atoms with Crippen LogP contribution in [0.25, 0.3) is 0 Å². The zero-order valence-corrected chi connectivity index (χ0v) is 11.7. The van der Waals surface area contributed by atoms with E-state index in [-0.39, 0.29) is 11.5 Å². The van der Waals surface area contributed by atoms with Crippen LogP contribution in [0.4, 0.5) is 0 Å². The summed E-state index contributed by atoms with van der Waals surface area (Å²) in [5.41, 5.74) is 0.970. The molecule has 0 aliphatic heterocycles. The van der Waals surface area contributed by atoms with Gasteiger partial charge in [0.2, 0.25) is 10.0 Å². The quantitative estimate of drug-likeness (QED) is 0.838. The van der Waals surface area contributed by atoms with Crippen molar-refractivity contribution >= 4 is 21.4 Å². The first kappa shape index (κ1) is 14.1. The Bertz CT molecular complexity index is 623. The molecule has 5 nitrogen and oxygen atoms in total. The summed E-state index contributed by atoms with van der Waals surface area (Å²) < 4.78 is 26.6. The first-order chi connectivity index (χ1) is 9.13. The van der Waals surface area contributed by atoms with Gasteiger partial charge in [0.25, 0.3) is 0 Å². The molecule has 0 aromatic carbocycles. The largest absolute Gasteiger partial charge is 0.391 e. The Balaban J connectivity index is 1.99. The number of hydrogen-bond acceptors (Lipinski definition) is 5. The van der Waals surface area contributed by atoms with Crippen molar-refractivity contribution in [1.29, 1.82) is 0 Å². The first-order valence-electron chi connectivity index (χ1n) is 5.69. The van der Waals surface area contributed by atoms with Gasteiger partial charge in [-0.15, -0.1) is 11.3 Å². The SMILES string of the molecule is O=S(=O)(NCCc1cccnc1)c1ccsc1CO. The van der Waals surface area contributed by atoms with E-state index in [0.717, 1.165) is 5.56 Å². The molecule has 2 rings (SSSR count). The van der Waals surface area contributed by atoms with Gasteiger partial charge in [0.1, 0.15) is 0 Å². The number of aliphatic hydroxyl groups is 1. The van der Waals surface area contributed by atoms with Gasteiger partial charge in [-0.25, -0.2) is 13.1 Å². The fourth-order valence-electron chi connectivity index (χ4n) is 1.64.